The van der Waals surface area contributed by atoms with Crippen LogP contribution in [0.3, 0.4) is 0 Å². The Morgan fingerprint density at radius 1 is 1.39 bits per heavy atom. The maximum atomic E-state index is 12.8. The molecule has 0 fully saturated rings. The number of hydrogen-bond acceptors (Lipinski definition) is 3. The Kier molecular flexibility index (Phi) is 2.60. The largest absolute Gasteiger partial charge is 0.435 e. The van der Waals surface area contributed by atoms with Crippen LogP contribution < -0.4 is 10.4 Å². The molecule has 0 aliphatic carbocycles. The van der Waals surface area contributed by atoms with Crippen LogP contribution in [0.5, 0.6) is 0 Å². The number of alkyl halides is 3. The molecule has 0 aliphatic rings. The monoisotopic (exact) mass is 261 g/mol. The van der Waals surface area contributed by atoms with Crippen molar-refractivity contribution in [1.82, 2.24) is 14.3 Å². The molecular formula is C10H10F3N3O2. The SMILES string of the molecule is COn1c(C(F)(F)F)cc2nc(C)n(C)c2c1=O. The van der Waals surface area contributed by atoms with Crippen molar-refractivity contribution in [2.24, 2.45) is 7.05 Å². The lowest BCUT2D eigenvalue weighted by Crippen LogP contribution is -2.32. The molecule has 0 amide bonds. The molecule has 8 heteroatoms. The number of halogens is 3. The minimum Gasteiger partial charge on any atom is -0.413 e. The third-order valence-corrected chi connectivity index (χ3v) is 2.70. The minimum atomic E-state index is -4.69. The van der Waals surface area contributed by atoms with Crippen molar-refractivity contribution in [1.29, 1.82) is 0 Å². The Bertz CT molecular complexity index is 670. The lowest BCUT2D eigenvalue weighted by molar-refractivity contribution is -0.151. The Morgan fingerprint density at radius 2 is 2.00 bits per heavy atom. The summed E-state index contributed by atoms with van der Waals surface area (Å²) in [6, 6.07) is 0.799. The van der Waals surface area contributed by atoms with Crippen LogP contribution in [0.15, 0.2) is 10.9 Å². The van der Waals surface area contributed by atoms with Gasteiger partial charge in [-0.1, -0.05) is 0 Å². The molecule has 2 aromatic heterocycles. The molecule has 0 saturated heterocycles. The van der Waals surface area contributed by atoms with Gasteiger partial charge < -0.3 is 9.40 Å². The average molecular weight is 261 g/mol. The van der Waals surface area contributed by atoms with Gasteiger partial charge in [-0.3, -0.25) is 4.79 Å². The highest BCUT2D eigenvalue weighted by atomic mass is 19.4. The van der Waals surface area contributed by atoms with Gasteiger partial charge in [0, 0.05) is 7.05 Å². The van der Waals surface area contributed by atoms with Crippen molar-refractivity contribution in [3.8, 4) is 0 Å². The van der Waals surface area contributed by atoms with Crippen molar-refractivity contribution in [2.45, 2.75) is 13.1 Å². The second kappa shape index (κ2) is 3.76. The minimum absolute atomic E-state index is 0.000579. The van der Waals surface area contributed by atoms with Crippen molar-refractivity contribution < 1.29 is 18.0 Å². The van der Waals surface area contributed by atoms with Gasteiger partial charge in [0.2, 0.25) is 0 Å². The van der Waals surface area contributed by atoms with Gasteiger partial charge in [0.1, 0.15) is 18.5 Å². The Balaban J connectivity index is 2.96. The molecule has 0 atom stereocenters. The molecule has 0 radical (unpaired) electrons. The predicted molar refractivity (Wildman–Crippen MR) is 57.2 cm³/mol. The number of hydrogen-bond donors (Lipinski definition) is 0. The summed E-state index contributed by atoms with van der Waals surface area (Å²) in [5, 5.41) is 0. The van der Waals surface area contributed by atoms with Crippen LogP contribution >= 0.6 is 0 Å². The van der Waals surface area contributed by atoms with E-state index < -0.39 is 17.4 Å². The van der Waals surface area contributed by atoms with Crippen LogP contribution in [-0.4, -0.2) is 21.4 Å². The topological polar surface area (TPSA) is 49.0 Å². The van der Waals surface area contributed by atoms with Crippen molar-refractivity contribution in [3.05, 3.63) is 27.9 Å². The average Bonchev–Trinajstić information content (AvgIpc) is 2.53. The van der Waals surface area contributed by atoms with Gasteiger partial charge in [-0.25, -0.2) is 4.98 Å². The zero-order chi connectivity index (χ0) is 13.7. The van der Waals surface area contributed by atoms with E-state index in [-0.39, 0.29) is 15.8 Å². The van der Waals surface area contributed by atoms with Crippen molar-refractivity contribution in [2.75, 3.05) is 7.11 Å². The normalized spacial score (nSPS) is 12.1. The summed E-state index contributed by atoms with van der Waals surface area (Å²) in [4.78, 5) is 20.4. The lowest BCUT2D eigenvalue weighted by Gasteiger charge is -2.13. The van der Waals surface area contributed by atoms with E-state index >= 15 is 0 Å². The highest BCUT2D eigenvalue weighted by Gasteiger charge is 2.36. The quantitative estimate of drug-likeness (QED) is 0.773. The molecule has 0 N–H and O–H groups in total. The summed E-state index contributed by atoms with van der Waals surface area (Å²) >= 11 is 0. The highest BCUT2D eigenvalue weighted by molar-refractivity contribution is 5.75. The molecule has 0 bridgehead atoms. The highest BCUT2D eigenvalue weighted by Crippen LogP contribution is 2.29. The summed E-state index contributed by atoms with van der Waals surface area (Å²) in [5.74, 6) is 0.448. The van der Waals surface area contributed by atoms with E-state index in [0.29, 0.717) is 5.82 Å². The Labute approximate surface area is 99.4 Å². The number of nitrogens with zero attached hydrogens (tertiary/aromatic N) is 3. The first-order valence-corrected chi connectivity index (χ1v) is 4.98. The van der Waals surface area contributed by atoms with E-state index in [1.807, 2.05) is 0 Å². The van der Waals surface area contributed by atoms with Crippen LogP contribution in [0, 0.1) is 6.92 Å². The maximum Gasteiger partial charge on any atom is 0.435 e. The van der Waals surface area contributed by atoms with Gasteiger partial charge in [0.15, 0.2) is 5.69 Å². The zero-order valence-corrected chi connectivity index (χ0v) is 9.87. The molecule has 2 rings (SSSR count). The third-order valence-electron chi connectivity index (χ3n) is 2.70. The van der Waals surface area contributed by atoms with E-state index in [1.165, 1.54) is 4.57 Å². The standard InChI is InChI=1S/C10H10F3N3O2/c1-5-14-6-4-7(10(11,12)13)16(18-3)9(17)8(6)15(5)2/h4H,1-3H3. The van der Waals surface area contributed by atoms with E-state index in [0.717, 1.165) is 13.2 Å². The number of imidazole rings is 1. The number of pyridine rings is 1. The van der Waals surface area contributed by atoms with Gasteiger partial charge in [0.05, 0.1) is 5.52 Å². The fraction of sp³-hybridized carbons (Fsp3) is 0.400. The van der Waals surface area contributed by atoms with Gasteiger partial charge in [0.25, 0.3) is 0 Å². The molecule has 18 heavy (non-hydrogen) atoms. The molecule has 2 aromatic rings. The zero-order valence-electron chi connectivity index (χ0n) is 9.87. The van der Waals surface area contributed by atoms with Gasteiger partial charge in [-0.05, 0) is 13.0 Å². The molecule has 0 aromatic carbocycles. The third kappa shape index (κ3) is 1.64. The molecule has 0 saturated carbocycles. The number of aryl methyl sites for hydroxylation is 2. The first-order chi connectivity index (χ1) is 8.27. The van der Waals surface area contributed by atoms with E-state index in [1.54, 1.807) is 14.0 Å². The molecule has 2 heterocycles. The van der Waals surface area contributed by atoms with Crippen LogP contribution in [0.2, 0.25) is 0 Å². The molecular weight excluding hydrogens is 251 g/mol. The molecule has 0 aliphatic heterocycles. The summed E-state index contributed by atoms with van der Waals surface area (Å²) in [6.45, 7) is 1.60. The first-order valence-electron chi connectivity index (χ1n) is 4.98. The molecule has 0 unspecified atom stereocenters. The summed E-state index contributed by atoms with van der Waals surface area (Å²) in [7, 11) is 2.56. The fourth-order valence-electron chi connectivity index (χ4n) is 1.76. The second-order valence-corrected chi connectivity index (χ2v) is 3.76. The van der Waals surface area contributed by atoms with Crippen LogP contribution in [-0.2, 0) is 13.2 Å². The predicted octanol–water partition coefficient (Wildman–Crippen LogP) is 1.12. The Morgan fingerprint density at radius 3 is 2.50 bits per heavy atom. The van der Waals surface area contributed by atoms with E-state index in [4.69, 9.17) is 0 Å². The van der Waals surface area contributed by atoms with Crippen LogP contribution in [0.4, 0.5) is 13.2 Å². The molecule has 5 nitrogen and oxygen atoms in total. The summed E-state index contributed by atoms with van der Waals surface area (Å²) in [6.07, 6.45) is -4.69. The fourth-order valence-corrected chi connectivity index (χ4v) is 1.76. The molecule has 0 spiro atoms. The maximum absolute atomic E-state index is 12.8. The lowest BCUT2D eigenvalue weighted by atomic mass is 10.3. The Hall–Kier alpha value is -1.99. The number of aromatic nitrogens is 3. The van der Waals surface area contributed by atoms with Crippen molar-refractivity contribution in [3.63, 3.8) is 0 Å². The van der Waals surface area contributed by atoms with Crippen LogP contribution in [0.1, 0.15) is 11.5 Å². The first kappa shape index (κ1) is 12.5. The molecule has 98 valence electrons. The van der Waals surface area contributed by atoms with Crippen LogP contribution in [0.25, 0.3) is 11.0 Å². The second-order valence-electron chi connectivity index (χ2n) is 3.76. The van der Waals surface area contributed by atoms with Gasteiger partial charge in [-0.2, -0.15) is 13.2 Å². The smallest absolute Gasteiger partial charge is 0.413 e. The summed E-state index contributed by atoms with van der Waals surface area (Å²) in [5.41, 5.74) is -1.99. The van der Waals surface area contributed by atoms with E-state index in [2.05, 4.69) is 9.82 Å². The van der Waals surface area contributed by atoms with Gasteiger partial charge in [-0.15, -0.1) is 4.73 Å². The summed E-state index contributed by atoms with van der Waals surface area (Å²) < 4.78 is 40.0. The number of fused-ring (bicyclic) bond motifs is 1. The number of rotatable bonds is 1. The van der Waals surface area contributed by atoms with E-state index in [9.17, 15) is 18.0 Å². The van der Waals surface area contributed by atoms with Crippen molar-refractivity contribution >= 4 is 11.0 Å². The van der Waals surface area contributed by atoms with Gasteiger partial charge >= 0.3 is 11.7 Å².